The van der Waals surface area contributed by atoms with Crippen molar-refractivity contribution in [1.29, 1.82) is 0 Å². The zero-order valence-corrected chi connectivity index (χ0v) is 10.9. The number of amides is 1. The quantitative estimate of drug-likeness (QED) is 0.866. The van der Waals surface area contributed by atoms with Gasteiger partial charge in [-0.2, -0.15) is 0 Å². The summed E-state index contributed by atoms with van der Waals surface area (Å²) in [5, 5.41) is 2.53. The number of halogens is 3. The first-order valence-electron chi connectivity index (χ1n) is 6.06. The second kappa shape index (κ2) is 6.06. The van der Waals surface area contributed by atoms with E-state index in [-0.39, 0.29) is 6.54 Å². The van der Waals surface area contributed by atoms with Crippen LogP contribution >= 0.6 is 0 Å². The molecule has 0 aliphatic rings. The van der Waals surface area contributed by atoms with Crippen molar-refractivity contribution in [3.63, 3.8) is 0 Å². The summed E-state index contributed by atoms with van der Waals surface area (Å²) in [6.45, 7) is 3.78. The molecule has 19 heavy (non-hydrogen) atoms. The molecule has 0 aliphatic heterocycles. The van der Waals surface area contributed by atoms with E-state index in [9.17, 15) is 18.0 Å². The number of nitrogens with one attached hydrogen (secondary N) is 1. The van der Waals surface area contributed by atoms with Crippen LogP contribution in [0.4, 0.5) is 13.2 Å². The largest absolute Gasteiger partial charge is 0.345 e. The summed E-state index contributed by atoms with van der Waals surface area (Å²) < 4.78 is 39.7. The van der Waals surface area contributed by atoms with Gasteiger partial charge in [-0.1, -0.05) is 13.8 Å². The Kier molecular flexibility index (Phi) is 4.94. The summed E-state index contributed by atoms with van der Waals surface area (Å²) in [6.07, 6.45) is 1.05. The molecular formula is C13H17F3N2O. The predicted molar refractivity (Wildman–Crippen MR) is 66.1 cm³/mol. The molecule has 0 spiro atoms. The van der Waals surface area contributed by atoms with E-state index in [0.29, 0.717) is 25.0 Å². The molecule has 0 saturated heterocycles. The van der Waals surface area contributed by atoms with E-state index in [1.807, 2.05) is 13.8 Å². The van der Waals surface area contributed by atoms with Crippen LogP contribution in [-0.2, 0) is 0 Å². The van der Waals surface area contributed by atoms with Crippen molar-refractivity contribution >= 4 is 5.91 Å². The molecule has 1 aromatic rings. The number of benzene rings is 1. The Morgan fingerprint density at radius 3 is 2.05 bits per heavy atom. The van der Waals surface area contributed by atoms with Gasteiger partial charge in [0.2, 0.25) is 0 Å². The van der Waals surface area contributed by atoms with Crippen LogP contribution in [0.3, 0.4) is 0 Å². The van der Waals surface area contributed by atoms with Crippen LogP contribution in [0.15, 0.2) is 12.1 Å². The van der Waals surface area contributed by atoms with Gasteiger partial charge >= 0.3 is 0 Å². The highest BCUT2D eigenvalue weighted by Gasteiger charge is 2.29. The Bertz CT molecular complexity index is 442. The Labute approximate surface area is 110 Å². The molecule has 0 heterocycles. The Morgan fingerprint density at radius 2 is 1.68 bits per heavy atom. The summed E-state index contributed by atoms with van der Waals surface area (Å²) in [6, 6.07) is 0.944. The molecule has 0 aromatic heterocycles. The third-order valence-electron chi connectivity index (χ3n) is 3.36. The van der Waals surface area contributed by atoms with E-state index in [1.54, 1.807) is 0 Å². The molecule has 1 amide bonds. The van der Waals surface area contributed by atoms with E-state index in [4.69, 9.17) is 5.73 Å². The second-order valence-corrected chi connectivity index (χ2v) is 4.39. The third kappa shape index (κ3) is 3.26. The first kappa shape index (κ1) is 15.5. The maximum absolute atomic E-state index is 13.5. The molecule has 1 aromatic carbocycles. The lowest BCUT2D eigenvalue weighted by Crippen LogP contribution is -2.53. The van der Waals surface area contributed by atoms with E-state index in [0.717, 1.165) is 0 Å². The van der Waals surface area contributed by atoms with Crippen LogP contribution in [0.5, 0.6) is 0 Å². The van der Waals surface area contributed by atoms with Crippen LogP contribution in [0, 0.1) is 17.5 Å². The molecule has 3 nitrogen and oxygen atoms in total. The minimum absolute atomic E-state index is 0.149. The monoisotopic (exact) mass is 274 g/mol. The number of hydrogen-bond donors (Lipinski definition) is 2. The Balaban J connectivity index is 3.08. The van der Waals surface area contributed by atoms with Crippen molar-refractivity contribution in [3.8, 4) is 0 Å². The average molecular weight is 274 g/mol. The molecule has 0 saturated carbocycles. The van der Waals surface area contributed by atoms with Crippen LogP contribution in [0.2, 0.25) is 0 Å². The van der Waals surface area contributed by atoms with Gasteiger partial charge in [-0.3, -0.25) is 4.79 Å². The molecule has 6 heteroatoms. The van der Waals surface area contributed by atoms with E-state index in [2.05, 4.69) is 5.32 Å². The van der Waals surface area contributed by atoms with Crippen molar-refractivity contribution in [2.24, 2.45) is 5.73 Å². The summed E-state index contributed by atoms with van der Waals surface area (Å²) in [7, 11) is 0. The van der Waals surface area contributed by atoms with Crippen molar-refractivity contribution < 1.29 is 18.0 Å². The molecule has 0 bridgehead atoms. The lowest BCUT2D eigenvalue weighted by Gasteiger charge is -2.31. The van der Waals surface area contributed by atoms with Gasteiger partial charge in [0.15, 0.2) is 0 Å². The molecule has 106 valence electrons. The summed E-state index contributed by atoms with van der Waals surface area (Å²) in [4.78, 5) is 11.9. The molecule has 1 rings (SSSR count). The van der Waals surface area contributed by atoms with Gasteiger partial charge in [0, 0.05) is 18.7 Å². The summed E-state index contributed by atoms with van der Waals surface area (Å²) >= 11 is 0. The van der Waals surface area contributed by atoms with E-state index >= 15 is 0 Å². The molecule has 3 N–H and O–H groups in total. The number of carbonyl (C=O) groups is 1. The van der Waals surface area contributed by atoms with Gasteiger partial charge in [0.1, 0.15) is 23.0 Å². The third-order valence-corrected chi connectivity index (χ3v) is 3.36. The smallest absolute Gasteiger partial charge is 0.257 e. The van der Waals surface area contributed by atoms with Crippen LogP contribution < -0.4 is 11.1 Å². The standard InChI is InChI=1S/C13H17F3N2O/c1-3-13(4-2,7-17)18-12(19)11-9(15)5-8(14)6-10(11)16/h5-6H,3-4,7,17H2,1-2H3,(H,18,19). The highest BCUT2D eigenvalue weighted by atomic mass is 19.1. The molecule has 0 unspecified atom stereocenters. The van der Waals surface area contributed by atoms with Crippen LogP contribution in [0.25, 0.3) is 0 Å². The molecule has 0 atom stereocenters. The van der Waals surface area contributed by atoms with Crippen LogP contribution in [0.1, 0.15) is 37.0 Å². The van der Waals surface area contributed by atoms with Gasteiger partial charge < -0.3 is 11.1 Å². The van der Waals surface area contributed by atoms with E-state index in [1.165, 1.54) is 0 Å². The zero-order chi connectivity index (χ0) is 14.6. The first-order chi connectivity index (χ1) is 8.89. The second-order valence-electron chi connectivity index (χ2n) is 4.39. The van der Waals surface area contributed by atoms with Gasteiger partial charge in [0.05, 0.1) is 5.54 Å². The van der Waals surface area contributed by atoms with Crippen molar-refractivity contribution in [3.05, 3.63) is 35.1 Å². The van der Waals surface area contributed by atoms with Crippen molar-refractivity contribution in [2.75, 3.05) is 6.54 Å². The minimum atomic E-state index is -1.23. The molecule has 0 aliphatic carbocycles. The molecular weight excluding hydrogens is 257 g/mol. The molecule has 0 radical (unpaired) electrons. The fourth-order valence-corrected chi connectivity index (χ4v) is 1.83. The van der Waals surface area contributed by atoms with Crippen molar-refractivity contribution in [2.45, 2.75) is 32.2 Å². The number of carbonyl (C=O) groups excluding carboxylic acids is 1. The highest BCUT2D eigenvalue weighted by Crippen LogP contribution is 2.18. The average Bonchev–Trinajstić information content (AvgIpc) is 2.35. The first-order valence-corrected chi connectivity index (χ1v) is 6.06. The fraction of sp³-hybridized carbons (Fsp3) is 0.462. The fourth-order valence-electron chi connectivity index (χ4n) is 1.83. The number of rotatable bonds is 5. The lowest BCUT2D eigenvalue weighted by molar-refractivity contribution is 0.0886. The number of nitrogens with two attached hydrogens (primary N) is 1. The highest BCUT2D eigenvalue weighted by molar-refractivity contribution is 5.95. The minimum Gasteiger partial charge on any atom is -0.345 e. The molecule has 0 fully saturated rings. The topological polar surface area (TPSA) is 55.1 Å². The van der Waals surface area contributed by atoms with E-state index < -0.39 is 34.5 Å². The lowest BCUT2D eigenvalue weighted by atomic mass is 9.92. The van der Waals surface area contributed by atoms with Gasteiger partial charge in [0.25, 0.3) is 5.91 Å². The zero-order valence-electron chi connectivity index (χ0n) is 10.9. The summed E-state index contributed by atoms with van der Waals surface area (Å²) in [5.41, 5.74) is 4.08. The number of hydrogen-bond acceptors (Lipinski definition) is 2. The SMILES string of the molecule is CCC(CC)(CN)NC(=O)c1c(F)cc(F)cc1F. The van der Waals surface area contributed by atoms with Crippen molar-refractivity contribution in [1.82, 2.24) is 5.32 Å². The maximum Gasteiger partial charge on any atom is 0.257 e. The van der Waals surface area contributed by atoms with Gasteiger partial charge in [-0.15, -0.1) is 0 Å². The van der Waals surface area contributed by atoms with Gasteiger partial charge in [-0.05, 0) is 12.8 Å². The summed E-state index contributed by atoms with van der Waals surface area (Å²) in [5.74, 6) is -4.45. The predicted octanol–water partition coefficient (Wildman–Crippen LogP) is 2.35. The Morgan fingerprint density at radius 1 is 1.21 bits per heavy atom. The van der Waals surface area contributed by atoms with Crippen LogP contribution in [-0.4, -0.2) is 18.0 Å². The van der Waals surface area contributed by atoms with Gasteiger partial charge in [-0.25, -0.2) is 13.2 Å². The Hall–Kier alpha value is -1.56. The maximum atomic E-state index is 13.5. The normalized spacial score (nSPS) is 11.5.